The third-order valence-electron chi connectivity index (χ3n) is 3.41. The molecule has 0 radical (unpaired) electrons. The summed E-state index contributed by atoms with van der Waals surface area (Å²) in [7, 11) is 2.12. The van der Waals surface area contributed by atoms with Gasteiger partial charge in [-0.05, 0) is 37.2 Å². The molecule has 3 nitrogen and oxygen atoms in total. The Bertz CT molecular complexity index is 453. The Hall–Kier alpha value is -1.48. The van der Waals surface area contributed by atoms with E-state index in [1.165, 1.54) is 5.57 Å². The number of phenolic OH excluding ortho intramolecular Hbond substituents is 1. The number of phenols is 1. The number of hydrogen-bond donors (Lipinski definition) is 1. The van der Waals surface area contributed by atoms with E-state index >= 15 is 0 Å². The topological polar surface area (TPSA) is 32.7 Å². The molecule has 0 fully saturated rings. The molecule has 3 heteroatoms. The van der Waals surface area contributed by atoms with Crippen molar-refractivity contribution in [3.63, 3.8) is 0 Å². The summed E-state index contributed by atoms with van der Waals surface area (Å²) in [6.07, 6.45) is 3.34. The molecule has 84 valence electrons. The summed E-state index contributed by atoms with van der Waals surface area (Å²) < 4.78 is 5.72. The van der Waals surface area contributed by atoms with Gasteiger partial charge in [0.1, 0.15) is 18.1 Å². The molecule has 2 aliphatic rings. The highest BCUT2D eigenvalue weighted by atomic mass is 16.5. The van der Waals surface area contributed by atoms with Crippen LogP contribution in [0, 0.1) is 0 Å². The van der Waals surface area contributed by atoms with E-state index in [9.17, 15) is 5.11 Å². The van der Waals surface area contributed by atoms with Crippen molar-refractivity contribution in [2.24, 2.45) is 0 Å². The van der Waals surface area contributed by atoms with Crippen LogP contribution in [-0.2, 0) is 0 Å². The van der Waals surface area contributed by atoms with E-state index in [-0.39, 0.29) is 0 Å². The lowest BCUT2D eigenvalue weighted by molar-refractivity contribution is 0.183. The largest absolute Gasteiger partial charge is 0.508 e. The van der Waals surface area contributed by atoms with Crippen LogP contribution in [0.15, 0.2) is 24.3 Å². The van der Waals surface area contributed by atoms with Gasteiger partial charge >= 0.3 is 0 Å². The zero-order valence-electron chi connectivity index (χ0n) is 9.31. The fraction of sp³-hybridized carbons (Fsp3) is 0.385. The molecule has 1 aromatic carbocycles. The van der Waals surface area contributed by atoms with Crippen molar-refractivity contribution in [3.8, 4) is 11.5 Å². The molecule has 0 unspecified atom stereocenters. The molecule has 16 heavy (non-hydrogen) atoms. The maximum atomic E-state index is 9.55. The summed E-state index contributed by atoms with van der Waals surface area (Å²) in [5, 5.41) is 9.55. The quantitative estimate of drug-likeness (QED) is 0.720. The van der Waals surface area contributed by atoms with E-state index < -0.39 is 0 Å². The molecule has 1 atom stereocenters. The lowest BCUT2D eigenvalue weighted by Gasteiger charge is -2.37. The van der Waals surface area contributed by atoms with Crippen LogP contribution in [0.3, 0.4) is 0 Å². The summed E-state index contributed by atoms with van der Waals surface area (Å²) in [5.74, 6) is 1.19. The summed E-state index contributed by atoms with van der Waals surface area (Å²) in [4.78, 5) is 2.31. The fourth-order valence-electron chi connectivity index (χ4n) is 2.50. The SMILES string of the molecule is CN1CCC=C2c3cc(O)ccc3OC[C@@H]21. The Balaban J connectivity index is 2.11. The standard InChI is InChI=1S/C13H15NO2/c1-14-6-2-3-10-11-7-9(15)4-5-13(11)16-8-12(10)14/h3-5,7,12,15H,2,6,8H2,1H3/t12-/m0/s1. The molecule has 3 rings (SSSR count). The van der Waals surface area contributed by atoms with Crippen LogP contribution in [0.2, 0.25) is 0 Å². The number of fused-ring (bicyclic) bond motifs is 3. The molecule has 2 heterocycles. The number of hydrogen-bond acceptors (Lipinski definition) is 3. The van der Waals surface area contributed by atoms with Crippen molar-refractivity contribution in [3.05, 3.63) is 29.8 Å². The van der Waals surface area contributed by atoms with Crippen LogP contribution in [-0.4, -0.2) is 36.2 Å². The Morgan fingerprint density at radius 1 is 1.44 bits per heavy atom. The van der Waals surface area contributed by atoms with Gasteiger partial charge < -0.3 is 9.84 Å². The number of rotatable bonds is 0. The highest BCUT2D eigenvalue weighted by Crippen LogP contribution is 2.38. The minimum absolute atomic E-state index is 0.303. The third kappa shape index (κ3) is 1.39. The average Bonchev–Trinajstić information content (AvgIpc) is 2.29. The van der Waals surface area contributed by atoms with Gasteiger partial charge in [0.2, 0.25) is 0 Å². The summed E-state index contributed by atoms with van der Waals surface area (Å²) >= 11 is 0. The molecule has 1 N–H and O–H groups in total. The fourth-order valence-corrected chi connectivity index (χ4v) is 2.50. The van der Waals surface area contributed by atoms with Crippen LogP contribution in [0.5, 0.6) is 11.5 Å². The molecular formula is C13H15NO2. The van der Waals surface area contributed by atoms with Crippen molar-refractivity contribution in [2.75, 3.05) is 20.2 Å². The van der Waals surface area contributed by atoms with Gasteiger partial charge in [0.05, 0.1) is 6.04 Å². The van der Waals surface area contributed by atoms with Crippen molar-refractivity contribution in [2.45, 2.75) is 12.5 Å². The Morgan fingerprint density at radius 3 is 3.19 bits per heavy atom. The highest BCUT2D eigenvalue weighted by molar-refractivity contribution is 5.77. The Kier molecular flexibility index (Phi) is 2.14. The molecule has 0 amide bonds. The second-order valence-corrected chi connectivity index (χ2v) is 4.44. The lowest BCUT2D eigenvalue weighted by Crippen LogP contribution is -2.42. The molecule has 0 bridgehead atoms. The molecular weight excluding hydrogens is 202 g/mol. The minimum atomic E-state index is 0.303. The van der Waals surface area contributed by atoms with Gasteiger partial charge in [-0.15, -0.1) is 0 Å². The zero-order valence-corrected chi connectivity index (χ0v) is 9.31. The van der Waals surface area contributed by atoms with E-state index in [0.717, 1.165) is 24.3 Å². The van der Waals surface area contributed by atoms with Gasteiger partial charge in [0, 0.05) is 12.1 Å². The smallest absolute Gasteiger partial charge is 0.127 e. The van der Waals surface area contributed by atoms with Crippen LogP contribution >= 0.6 is 0 Å². The first-order valence-corrected chi connectivity index (χ1v) is 5.62. The summed E-state index contributed by atoms with van der Waals surface area (Å²) in [5.41, 5.74) is 2.34. The molecule has 0 aliphatic carbocycles. The number of benzene rings is 1. The van der Waals surface area contributed by atoms with Gasteiger partial charge in [-0.1, -0.05) is 6.08 Å². The van der Waals surface area contributed by atoms with Gasteiger partial charge in [0.15, 0.2) is 0 Å². The van der Waals surface area contributed by atoms with Gasteiger partial charge in [-0.25, -0.2) is 0 Å². The van der Waals surface area contributed by atoms with Crippen LogP contribution in [0.25, 0.3) is 5.57 Å². The van der Waals surface area contributed by atoms with Gasteiger partial charge in [-0.3, -0.25) is 4.90 Å². The summed E-state index contributed by atoms with van der Waals surface area (Å²) in [6, 6.07) is 5.65. The zero-order chi connectivity index (χ0) is 11.1. The first kappa shape index (κ1) is 9.73. The predicted octanol–water partition coefficient (Wildman–Crippen LogP) is 1.87. The van der Waals surface area contributed by atoms with E-state index in [2.05, 4.69) is 18.0 Å². The Labute approximate surface area is 95.0 Å². The number of aromatic hydroxyl groups is 1. The maximum absolute atomic E-state index is 9.55. The van der Waals surface area contributed by atoms with Crippen molar-refractivity contribution < 1.29 is 9.84 Å². The van der Waals surface area contributed by atoms with Crippen molar-refractivity contribution in [1.29, 1.82) is 0 Å². The minimum Gasteiger partial charge on any atom is -0.508 e. The predicted molar refractivity (Wildman–Crippen MR) is 62.6 cm³/mol. The van der Waals surface area contributed by atoms with E-state index in [0.29, 0.717) is 18.4 Å². The van der Waals surface area contributed by atoms with Gasteiger partial charge in [-0.2, -0.15) is 0 Å². The van der Waals surface area contributed by atoms with Crippen molar-refractivity contribution >= 4 is 5.57 Å². The number of nitrogens with zero attached hydrogens (tertiary/aromatic N) is 1. The molecule has 2 aliphatic heterocycles. The summed E-state index contributed by atoms with van der Waals surface area (Å²) in [6.45, 7) is 1.78. The number of likely N-dealkylation sites (N-methyl/N-ethyl adjacent to an activating group) is 1. The average molecular weight is 217 g/mol. The van der Waals surface area contributed by atoms with Gasteiger partial charge in [0.25, 0.3) is 0 Å². The lowest BCUT2D eigenvalue weighted by atomic mass is 9.91. The maximum Gasteiger partial charge on any atom is 0.127 e. The number of ether oxygens (including phenoxy) is 1. The second kappa shape index (κ2) is 3.52. The van der Waals surface area contributed by atoms with Crippen LogP contribution in [0.1, 0.15) is 12.0 Å². The van der Waals surface area contributed by atoms with E-state index in [1.807, 2.05) is 6.07 Å². The molecule has 0 aromatic heterocycles. The van der Waals surface area contributed by atoms with Crippen LogP contribution < -0.4 is 4.74 Å². The first-order chi connectivity index (χ1) is 7.75. The second-order valence-electron chi connectivity index (χ2n) is 4.44. The molecule has 0 spiro atoms. The van der Waals surface area contributed by atoms with Crippen LogP contribution in [0.4, 0.5) is 0 Å². The van der Waals surface area contributed by atoms with Crippen molar-refractivity contribution in [1.82, 2.24) is 4.90 Å². The molecule has 0 saturated carbocycles. The monoisotopic (exact) mass is 217 g/mol. The van der Waals surface area contributed by atoms with E-state index in [4.69, 9.17) is 4.74 Å². The third-order valence-corrected chi connectivity index (χ3v) is 3.41. The Morgan fingerprint density at radius 2 is 2.31 bits per heavy atom. The van der Waals surface area contributed by atoms with E-state index in [1.54, 1.807) is 12.1 Å². The highest BCUT2D eigenvalue weighted by Gasteiger charge is 2.30. The first-order valence-electron chi connectivity index (χ1n) is 5.62. The molecule has 1 aromatic rings. The normalized spacial score (nSPS) is 24.1. The molecule has 0 saturated heterocycles.